The number of aliphatic imine (C=N–C) groups is 2. The fraction of sp³-hybridized carbons (Fsp3) is 0.111. The predicted octanol–water partition coefficient (Wildman–Crippen LogP) is 3.55. The number of aromatic nitrogens is 4. The van der Waals surface area contributed by atoms with Gasteiger partial charge in [0.2, 0.25) is 11.6 Å². The Kier molecular flexibility index (Phi) is 4.76. The molecule has 0 bridgehead atoms. The van der Waals surface area contributed by atoms with Crippen LogP contribution in [0.4, 0.5) is 11.4 Å². The molecule has 24 heavy (non-hydrogen) atoms. The molecule has 0 fully saturated rings. The van der Waals surface area contributed by atoms with Crippen LogP contribution in [0.5, 0.6) is 0 Å². The third-order valence-corrected chi connectivity index (χ3v) is 3.23. The van der Waals surface area contributed by atoms with E-state index < -0.39 is 0 Å². The van der Waals surface area contributed by atoms with Crippen LogP contribution in [0, 0.1) is 0 Å². The molecular formula is C18H16N6. The molecule has 1 heterocycles. The zero-order valence-electron chi connectivity index (χ0n) is 13.5. The van der Waals surface area contributed by atoms with Crippen molar-refractivity contribution in [1.29, 1.82) is 0 Å². The lowest BCUT2D eigenvalue weighted by Crippen LogP contribution is -2.12. The Morgan fingerprint density at radius 2 is 0.917 bits per heavy atom. The van der Waals surface area contributed by atoms with E-state index in [-0.39, 0.29) is 0 Å². The largest absolute Gasteiger partial charge is 0.250 e. The van der Waals surface area contributed by atoms with Gasteiger partial charge >= 0.3 is 0 Å². The van der Waals surface area contributed by atoms with Crippen molar-refractivity contribution < 1.29 is 0 Å². The Hall–Kier alpha value is -3.28. The van der Waals surface area contributed by atoms with Crippen molar-refractivity contribution in [3.8, 4) is 0 Å². The Morgan fingerprint density at radius 3 is 1.25 bits per heavy atom. The molecule has 6 heteroatoms. The molecule has 3 aromatic rings. The van der Waals surface area contributed by atoms with Crippen LogP contribution in [0.1, 0.15) is 25.5 Å². The highest BCUT2D eigenvalue weighted by Crippen LogP contribution is 2.12. The van der Waals surface area contributed by atoms with E-state index in [0.717, 1.165) is 11.4 Å². The zero-order chi connectivity index (χ0) is 16.8. The summed E-state index contributed by atoms with van der Waals surface area (Å²) < 4.78 is 0. The van der Waals surface area contributed by atoms with Crippen molar-refractivity contribution in [1.82, 2.24) is 20.4 Å². The molecule has 0 saturated carbocycles. The van der Waals surface area contributed by atoms with Crippen LogP contribution < -0.4 is 0 Å². The van der Waals surface area contributed by atoms with Gasteiger partial charge in [-0.25, -0.2) is 9.98 Å². The second-order valence-corrected chi connectivity index (χ2v) is 5.11. The van der Waals surface area contributed by atoms with Gasteiger partial charge < -0.3 is 0 Å². The van der Waals surface area contributed by atoms with Crippen molar-refractivity contribution in [3.63, 3.8) is 0 Å². The van der Waals surface area contributed by atoms with Crippen LogP contribution in [-0.4, -0.2) is 31.8 Å². The van der Waals surface area contributed by atoms with E-state index in [1.807, 2.05) is 74.5 Å². The van der Waals surface area contributed by atoms with Gasteiger partial charge in [-0.3, -0.25) is 0 Å². The molecule has 3 rings (SSSR count). The van der Waals surface area contributed by atoms with Gasteiger partial charge in [0, 0.05) is 0 Å². The van der Waals surface area contributed by atoms with Gasteiger partial charge in [0.05, 0.1) is 22.8 Å². The minimum absolute atomic E-state index is 0.398. The van der Waals surface area contributed by atoms with Crippen molar-refractivity contribution in [2.24, 2.45) is 9.98 Å². The van der Waals surface area contributed by atoms with E-state index in [1.54, 1.807) is 0 Å². The molecule has 0 unspecified atom stereocenters. The topological polar surface area (TPSA) is 76.3 Å². The summed E-state index contributed by atoms with van der Waals surface area (Å²) in [6.07, 6.45) is 0. The molecule has 6 nitrogen and oxygen atoms in total. The van der Waals surface area contributed by atoms with Crippen molar-refractivity contribution in [2.45, 2.75) is 13.8 Å². The molecule has 0 radical (unpaired) electrons. The van der Waals surface area contributed by atoms with Crippen LogP contribution in [0.3, 0.4) is 0 Å². The summed E-state index contributed by atoms with van der Waals surface area (Å²) in [5.74, 6) is 0.797. The minimum atomic E-state index is 0.398. The van der Waals surface area contributed by atoms with Gasteiger partial charge in [0.25, 0.3) is 0 Å². The standard InChI is InChI=1S/C18H16N6/c1-13(19-15-9-5-3-6-10-15)17-21-23-18(24-22-17)14(2)20-16-11-7-4-8-12-16/h3-12H,1-2H3. The SMILES string of the molecule is CC(=Nc1ccccc1)c1nnc(C(C)=Nc2ccccc2)nn1. The molecular weight excluding hydrogens is 300 g/mol. The lowest BCUT2D eigenvalue weighted by Gasteiger charge is -2.01. The summed E-state index contributed by atoms with van der Waals surface area (Å²) in [5.41, 5.74) is 2.99. The number of benzene rings is 2. The maximum Gasteiger partial charge on any atom is 0.217 e. The lowest BCUT2D eigenvalue weighted by molar-refractivity contribution is 0.824. The fourth-order valence-corrected chi connectivity index (χ4v) is 2.01. The Balaban J connectivity index is 1.80. The average molecular weight is 316 g/mol. The highest BCUT2D eigenvalue weighted by molar-refractivity contribution is 5.98. The molecule has 0 amide bonds. The number of para-hydroxylation sites is 2. The van der Waals surface area contributed by atoms with Gasteiger partial charge in [-0.2, -0.15) is 0 Å². The minimum Gasteiger partial charge on any atom is -0.250 e. The summed E-state index contributed by atoms with van der Waals surface area (Å²) in [6, 6.07) is 19.2. The van der Waals surface area contributed by atoms with Crippen LogP contribution in [0.15, 0.2) is 70.6 Å². The Bertz CT molecular complexity index is 781. The number of hydrogen-bond donors (Lipinski definition) is 0. The van der Waals surface area contributed by atoms with Gasteiger partial charge in [-0.15, -0.1) is 20.4 Å². The van der Waals surface area contributed by atoms with E-state index in [2.05, 4.69) is 30.4 Å². The van der Waals surface area contributed by atoms with Crippen LogP contribution in [0.25, 0.3) is 0 Å². The first-order valence-corrected chi connectivity index (χ1v) is 7.51. The van der Waals surface area contributed by atoms with Crippen molar-refractivity contribution >= 4 is 22.8 Å². The molecule has 2 aromatic carbocycles. The highest BCUT2D eigenvalue weighted by atomic mass is 15.3. The first-order valence-electron chi connectivity index (χ1n) is 7.51. The molecule has 0 aliphatic carbocycles. The molecule has 118 valence electrons. The van der Waals surface area contributed by atoms with Crippen molar-refractivity contribution in [3.05, 3.63) is 72.3 Å². The third-order valence-electron chi connectivity index (χ3n) is 3.23. The van der Waals surface area contributed by atoms with Crippen molar-refractivity contribution in [2.75, 3.05) is 0 Å². The summed E-state index contributed by atoms with van der Waals surface area (Å²) in [6.45, 7) is 3.66. The molecule has 0 saturated heterocycles. The van der Waals surface area contributed by atoms with E-state index in [9.17, 15) is 0 Å². The summed E-state index contributed by atoms with van der Waals surface area (Å²) in [4.78, 5) is 8.91. The van der Waals surface area contributed by atoms with E-state index in [0.29, 0.717) is 23.1 Å². The quantitative estimate of drug-likeness (QED) is 0.690. The zero-order valence-corrected chi connectivity index (χ0v) is 13.5. The maximum atomic E-state index is 4.45. The summed E-state index contributed by atoms with van der Waals surface area (Å²) in [5, 5.41) is 16.4. The number of rotatable bonds is 4. The number of hydrogen-bond acceptors (Lipinski definition) is 6. The smallest absolute Gasteiger partial charge is 0.217 e. The highest BCUT2D eigenvalue weighted by Gasteiger charge is 2.07. The first-order chi connectivity index (χ1) is 11.7. The normalized spacial score (nSPS) is 12.2. The molecule has 0 atom stereocenters. The maximum absolute atomic E-state index is 4.45. The van der Waals surface area contributed by atoms with Crippen LogP contribution in [0.2, 0.25) is 0 Å². The lowest BCUT2D eigenvalue weighted by atomic mass is 10.3. The van der Waals surface area contributed by atoms with Crippen LogP contribution in [-0.2, 0) is 0 Å². The van der Waals surface area contributed by atoms with Gasteiger partial charge in [0.15, 0.2) is 0 Å². The van der Waals surface area contributed by atoms with Crippen LogP contribution >= 0.6 is 0 Å². The summed E-state index contributed by atoms with van der Waals surface area (Å²) >= 11 is 0. The van der Waals surface area contributed by atoms with E-state index >= 15 is 0 Å². The second-order valence-electron chi connectivity index (χ2n) is 5.11. The molecule has 0 N–H and O–H groups in total. The fourth-order valence-electron chi connectivity index (χ4n) is 2.01. The Labute approximate surface area is 140 Å². The average Bonchev–Trinajstić information content (AvgIpc) is 2.63. The Morgan fingerprint density at radius 1 is 0.583 bits per heavy atom. The molecule has 0 aliphatic rings. The third kappa shape index (κ3) is 3.92. The second kappa shape index (κ2) is 7.32. The number of nitrogens with zero attached hydrogens (tertiary/aromatic N) is 6. The summed E-state index contributed by atoms with van der Waals surface area (Å²) in [7, 11) is 0. The first kappa shape index (κ1) is 15.6. The van der Waals surface area contributed by atoms with Gasteiger partial charge in [-0.1, -0.05) is 36.4 Å². The van der Waals surface area contributed by atoms with E-state index in [1.165, 1.54) is 0 Å². The van der Waals surface area contributed by atoms with Gasteiger partial charge in [-0.05, 0) is 38.1 Å². The van der Waals surface area contributed by atoms with E-state index in [4.69, 9.17) is 0 Å². The molecule has 0 aliphatic heterocycles. The molecule has 0 spiro atoms. The molecule has 1 aromatic heterocycles. The monoisotopic (exact) mass is 316 g/mol. The van der Waals surface area contributed by atoms with Gasteiger partial charge in [0.1, 0.15) is 0 Å². The predicted molar refractivity (Wildman–Crippen MR) is 94.2 cm³/mol.